The maximum absolute atomic E-state index is 12.3. The molecule has 1 aliphatic heterocycles. The molecule has 0 spiro atoms. The first-order valence-electron chi connectivity index (χ1n) is 7.91. The number of carbonyl (C=O) groups is 2. The molecule has 3 rings (SSSR count). The van der Waals surface area contributed by atoms with Crippen LogP contribution in [0.15, 0.2) is 24.3 Å². The number of urea groups is 1. The smallest absolute Gasteiger partial charge is 0.319 e. The molecular weight excluding hydrogens is 296 g/mol. The van der Waals surface area contributed by atoms with E-state index in [9.17, 15) is 9.59 Å². The van der Waals surface area contributed by atoms with Gasteiger partial charge in [0.15, 0.2) is 0 Å². The van der Waals surface area contributed by atoms with Crippen molar-refractivity contribution < 1.29 is 14.3 Å². The van der Waals surface area contributed by atoms with Crippen molar-refractivity contribution in [2.45, 2.75) is 37.3 Å². The Bertz CT molecular complexity index is 577. The molecule has 7 heteroatoms. The third kappa shape index (κ3) is 4.20. The largest absolute Gasteiger partial charge is 0.381 e. The molecule has 5 N–H and O–H groups in total. The highest BCUT2D eigenvalue weighted by molar-refractivity contribution is 5.98. The van der Waals surface area contributed by atoms with Crippen LogP contribution in [-0.2, 0) is 9.53 Å². The molecule has 1 saturated heterocycles. The quantitative estimate of drug-likeness (QED) is 0.673. The summed E-state index contributed by atoms with van der Waals surface area (Å²) >= 11 is 0. The molecule has 23 heavy (non-hydrogen) atoms. The van der Waals surface area contributed by atoms with E-state index in [0.29, 0.717) is 43.5 Å². The van der Waals surface area contributed by atoms with E-state index < -0.39 is 5.54 Å². The zero-order chi connectivity index (χ0) is 16.3. The Hall–Kier alpha value is -2.12. The highest BCUT2D eigenvalue weighted by Gasteiger charge is 2.35. The minimum Gasteiger partial charge on any atom is -0.381 e. The molecule has 0 aromatic heterocycles. The number of amides is 3. The molecule has 0 radical (unpaired) electrons. The van der Waals surface area contributed by atoms with Crippen LogP contribution in [0.2, 0.25) is 0 Å². The number of rotatable bonds is 4. The van der Waals surface area contributed by atoms with Gasteiger partial charge in [-0.1, -0.05) is 0 Å². The Labute approximate surface area is 134 Å². The first-order valence-corrected chi connectivity index (χ1v) is 7.91. The molecule has 1 saturated carbocycles. The van der Waals surface area contributed by atoms with Gasteiger partial charge in [-0.25, -0.2) is 4.79 Å². The zero-order valence-corrected chi connectivity index (χ0v) is 12.9. The van der Waals surface area contributed by atoms with Crippen LogP contribution in [0.1, 0.15) is 25.7 Å². The number of ether oxygens (including phenoxy) is 1. The molecule has 3 amide bonds. The van der Waals surface area contributed by atoms with E-state index in [0.717, 1.165) is 12.8 Å². The molecule has 1 aromatic carbocycles. The maximum Gasteiger partial charge on any atom is 0.319 e. The lowest BCUT2D eigenvalue weighted by Gasteiger charge is -2.31. The molecule has 1 heterocycles. The van der Waals surface area contributed by atoms with E-state index in [-0.39, 0.29) is 11.9 Å². The van der Waals surface area contributed by atoms with Gasteiger partial charge in [-0.05, 0) is 49.9 Å². The van der Waals surface area contributed by atoms with Gasteiger partial charge in [-0.15, -0.1) is 0 Å². The molecule has 2 aliphatic rings. The van der Waals surface area contributed by atoms with E-state index in [4.69, 9.17) is 10.5 Å². The second-order valence-electron chi connectivity index (χ2n) is 6.17. The fraction of sp³-hybridized carbons (Fsp3) is 0.500. The average molecular weight is 318 g/mol. The monoisotopic (exact) mass is 318 g/mol. The van der Waals surface area contributed by atoms with E-state index in [1.807, 2.05) is 0 Å². The van der Waals surface area contributed by atoms with Crippen molar-refractivity contribution in [2.75, 3.05) is 23.8 Å². The zero-order valence-electron chi connectivity index (χ0n) is 12.9. The van der Waals surface area contributed by atoms with Crippen molar-refractivity contribution in [1.29, 1.82) is 0 Å². The minimum atomic E-state index is -0.876. The van der Waals surface area contributed by atoms with Crippen LogP contribution in [0, 0.1) is 0 Å². The summed E-state index contributed by atoms with van der Waals surface area (Å²) in [5.74, 6) is -0.201. The van der Waals surface area contributed by atoms with Gasteiger partial charge in [0.1, 0.15) is 5.54 Å². The van der Waals surface area contributed by atoms with Crippen LogP contribution in [0.4, 0.5) is 16.2 Å². The summed E-state index contributed by atoms with van der Waals surface area (Å²) in [6, 6.07) is 7.09. The van der Waals surface area contributed by atoms with Crippen LogP contribution in [0.5, 0.6) is 0 Å². The molecule has 0 atom stereocenters. The average Bonchev–Trinajstić information content (AvgIpc) is 3.34. The number of nitrogens with two attached hydrogens (primary N) is 1. The number of anilines is 2. The van der Waals surface area contributed by atoms with E-state index in [2.05, 4.69) is 16.0 Å². The van der Waals surface area contributed by atoms with Gasteiger partial charge < -0.3 is 26.4 Å². The van der Waals surface area contributed by atoms with Gasteiger partial charge in [-0.2, -0.15) is 0 Å². The van der Waals surface area contributed by atoms with Gasteiger partial charge >= 0.3 is 6.03 Å². The van der Waals surface area contributed by atoms with Crippen molar-refractivity contribution in [1.82, 2.24) is 5.32 Å². The molecule has 1 aliphatic carbocycles. The standard InChI is InChI=1S/C16H22N4O3/c17-16(7-9-23-10-8-16)14(21)18-11-1-3-12(4-2-11)19-15(22)20-13-5-6-13/h1-4,13H,5-10,17H2,(H,18,21)(H2,19,20,22). The Morgan fingerprint density at radius 1 is 1.04 bits per heavy atom. The molecule has 0 unspecified atom stereocenters. The number of carbonyl (C=O) groups excluding carboxylic acids is 2. The highest BCUT2D eigenvalue weighted by Crippen LogP contribution is 2.22. The fourth-order valence-electron chi connectivity index (χ4n) is 2.44. The van der Waals surface area contributed by atoms with E-state index >= 15 is 0 Å². The predicted molar refractivity (Wildman–Crippen MR) is 87.2 cm³/mol. The van der Waals surface area contributed by atoms with Crippen molar-refractivity contribution >= 4 is 23.3 Å². The lowest BCUT2D eigenvalue weighted by molar-refractivity contribution is -0.124. The first kappa shape index (κ1) is 15.8. The van der Waals surface area contributed by atoms with Crippen LogP contribution in [0.3, 0.4) is 0 Å². The van der Waals surface area contributed by atoms with Gasteiger partial charge in [0.05, 0.1) is 0 Å². The summed E-state index contributed by atoms with van der Waals surface area (Å²) in [6.45, 7) is 1.01. The SMILES string of the molecule is NC1(C(=O)Nc2ccc(NC(=O)NC3CC3)cc2)CCOCC1. The topological polar surface area (TPSA) is 105 Å². The Balaban J connectivity index is 1.54. The summed E-state index contributed by atoms with van der Waals surface area (Å²) in [5, 5.41) is 8.44. The first-order chi connectivity index (χ1) is 11.0. The lowest BCUT2D eigenvalue weighted by Crippen LogP contribution is -2.54. The third-order valence-corrected chi connectivity index (χ3v) is 4.15. The Morgan fingerprint density at radius 2 is 1.61 bits per heavy atom. The minimum absolute atomic E-state index is 0.201. The summed E-state index contributed by atoms with van der Waals surface area (Å²) in [4.78, 5) is 24.0. The second kappa shape index (κ2) is 6.55. The van der Waals surface area contributed by atoms with Gasteiger partial charge in [-0.3, -0.25) is 4.79 Å². The second-order valence-corrected chi connectivity index (χ2v) is 6.17. The molecule has 7 nitrogen and oxygen atoms in total. The van der Waals surface area contributed by atoms with E-state index in [1.165, 1.54) is 0 Å². The summed E-state index contributed by atoms with van der Waals surface area (Å²) < 4.78 is 5.24. The number of hydrogen-bond acceptors (Lipinski definition) is 4. The summed E-state index contributed by atoms with van der Waals surface area (Å²) in [6.07, 6.45) is 3.12. The van der Waals surface area contributed by atoms with Crippen molar-refractivity contribution in [3.63, 3.8) is 0 Å². The molecule has 124 valence electrons. The molecule has 0 bridgehead atoms. The van der Waals surface area contributed by atoms with Gasteiger partial charge in [0.25, 0.3) is 0 Å². The summed E-state index contributed by atoms with van der Waals surface area (Å²) in [7, 11) is 0. The van der Waals surface area contributed by atoms with Gasteiger partial charge in [0, 0.05) is 30.6 Å². The predicted octanol–water partition coefficient (Wildman–Crippen LogP) is 1.42. The van der Waals surface area contributed by atoms with Crippen LogP contribution < -0.4 is 21.7 Å². The van der Waals surface area contributed by atoms with Crippen LogP contribution >= 0.6 is 0 Å². The number of benzene rings is 1. The Morgan fingerprint density at radius 3 is 2.17 bits per heavy atom. The van der Waals surface area contributed by atoms with Crippen LogP contribution in [-0.4, -0.2) is 36.7 Å². The van der Waals surface area contributed by atoms with Crippen molar-refractivity contribution in [3.8, 4) is 0 Å². The highest BCUT2D eigenvalue weighted by atomic mass is 16.5. The van der Waals surface area contributed by atoms with Crippen molar-refractivity contribution in [3.05, 3.63) is 24.3 Å². The number of nitrogens with one attached hydrogen (secondary N) is 3. The lowest BCUT2D eigenvalue weighted by atomic mass is 9.90. The third-order valence-electron chi connectivity index (χ3n) is 4.15. The summed E-state index contributed by atoms with van der Waals surface area (Å²) in [5.41, 5.74) is 6.59. The molecule has 1 aromatic rings. The maximum atomic E-state index is 12.3. The van der Waals surface area contributed by atoms with E-state index in [1.54, 1.807) is 24.3 Å². The molecule has 2 fully saturated rings. The normalized spacial score (nSPS) is 19.7. The number of hydrogen-bond donors (Lipinski definition) is 4. The van der Waals surface area contributed by atoms with Gasteiger partial charge in [0.2, 0.25) is 5.91 Å². The Kier molecular flexibility index (Phi) is 4.49. The fourth-order valence-corrected chi connectivity index (χ4v) is 2.44. The van der Waals surface area contributed by atoms with Crippen LogP contribution in [0.25, 0.3) is 0 Å². The molecular formula is C16H22N4O3. The van der Waals surface area contributed by atoms with Crippen molar-refractivity contribution in [2.24, 2.45) is 5.73 Å².